The molecule has 1 aliphatic rings. The maximum atomic E-state index is 14.6. The first-order valence-electron chi connectivity index (χ1n) is 8.58. The van der Waals surface area contributed by atoms with Crippen LogP contribution in [0.3, 0.4) is 0 Å². The normalized spacial score (nSPS) is 19.0. The lowest BCUT2D eigenvalue weighted by atomic mass is 9.83. The summed E-state index contributed by atoms with van der Waals surface area (Å²) >= 11 is 0. The summed E-state index contributed by atoms with van der Waals surface area (Å²) in [5, 5.41) is 8.96. The third-order valence-corrected chi connectivity index (χ3v) is 5.06. The zero-order valence-electron chi connectivity index (χ0n) is 14.1. The van der Waals surface area contributed by atoms with Gasteiger partial charge in [-0.2, -0.15) is 5.26 Å². The molecule has 0 saturated heterocycles. The van der Waals surface area contributed by atoms with Crippen LogP contribution in [0, 0.1) is 28.9 Å². The summed E-state index contributed by atoms with van der Waals surface area (Å²) in [6, 6.07) is 13.0. The van der Waals surface area contributed by atoms with E-state index in [0.717, 1.165) is 30.5 Å². The number of nitrogens with zero attached hydrogens (tertiary/aromatic N) is 3. The van der Waals surface area contributed by atoms with E-state index in [1.807, 2.05) is 16.8 Å². The molecule has 2 aromatic carbocycles. The highest BCUT2D eigenvalue weighted by molar-refractivity contribution is 5.35. The van der Waals surface area contributed by atoms with E-state index in [0.29, 0.717) is 17.0 Å². The van der Waals surface area contributed by atoms with Gasteiger partial charge in [0.25, 0.3) is 0 Å². The van der Waals surface area contributed by atoms with Crippen LogP contribution in [-0.4, -0.2) is 9.55 Å². The van der Waals surface area contributed by atoms with E-state index in [-0.39, 0.29) is 17.7 Å². The molecule has 2 heterocycles. The Kier molecular flexibility index (Phi) is 4.26. The number of nitriles is 1. The van der Waals surface area contributed by atoms with Gasteiger partial charge in [-0.25, -0.2) is 13.8 Å². The van der Waals surface area contributed by atoms with Crippen molar-refractivity contribution >= 4 is 0 Å². The van der Waals surface area contributed by atoms with Crippen molar-refractivity contribution in [2.24, 2.45) is 5.92 Å². The minimum Gasteiger partial charge on any atom is -0.327 e. The maximum absolute atomic E-state index is 14.6. The Hall–Kier alpha value is -3.00. The quantitative estimate of drug-likeness (QED) is 0.702. The van der Waals surface area contributed by atoms with E-state index in [2.05, 4.69) is 4.98 Å². The second-order valence-corrected chi connectivity index (χ2v) is 6.79. The van der Waals surface area contributed by atoms with Crippen molar-refractivity contribution in [2.75, 3.05) is 0 Å². The lowest BCUT2D eigenvalue weighted by molar-refractivity contribution is 0.337. The van der Waals surface area contributed by atoms with Crippen molar-refractivity contribution in [2.45, 2.75) is 25.3 Å². The van der Waals surface area contributed by atoms with Gasteiger partial charge in [-0.3, -0.25) is 0 Å². The number of aromatic nitrogens is 2. The molecule has 3 nitrogen and oxygen atoms in total. The molecule has 1 aromatic heterocycles. The predicted molar refractivity (Wildman–Crippen MR) is 93.4 cm³/mol. The largest absolute Gasteiger partial charge is 0.327 e. The minimum atomic E-state index is -0.365. The van der Waals surface area contributed by atoms with Crippen LogP contribution >= 0.6 is 0 Å². The number of fused-ring (bicyclic) bond motifs is 1. The number of halogens is 2. The summed E-state index contributed by atoms with van der Waals surface area (Å²) in [6.45, 7) is 0. The fraction of sp³-hybridized carbons (Fsp3) is 0.238. The molecule has 1 aliphatic heterocycles. The summed E-state index contributed by atoms with van der Waals surface area (Å²) in [4.78, 5) is 4.23. The van der Waals surface area contributed by atoms with Crippen molar-refractivity contribution in [1.82, 2.24) is 9.55 Å². The molecule has 5 heteroatoms. The molecule has 0 bridgehead atoms. The Morgan fingerprint density at radius 2 is 1.96 bits per heavy atom. The van der Waals surface area contributed by atoms with E-state index in [1.54, 1.807) is 30.6 Å². The maximum Gasteiger partial charge on any atom is 0.129 e. The molecule has 0 spiro atoms. The van der Waals surface area contributed by atoms with Gasteiger partial charge in [-0.05, 0) is 55.0 Å². The highest BCUT2D eigenvalue weighted by Gasteiger charge is 2.29. The van der Waals surface area contributed by atoms with Crippen LogP contribution in [0.1, 0.15) is 34.8 Å². The van der Waals surface area contributed by atoms with Gasteiger partial charge < -0.3 is 4.57 Å². The summed E-state index contributed by atoms with van der Waals surface area (Å²) < 4.78 is 29.7. The molecule has 0 amide bonds. The number of benzene rings is 2. The van der Waals surface area contributed by atoms with Crippen LogP contribution in [0.25, 0.3) is 0 Å². The Labute approximate surface area is 150 Å². The van der Waals surface area contributed by atoms with Gasteiger partial charge in [0.1, 0.15) is 11.6 Å². The van der Waals surface area contributed by atoms with Crippen LogP contribution in [-0.2, 0) is 12.8 Å². The lowest BCUT2D eigenvalue weighted by Crippen LogP contribution is -2.26. The van der Waals surface area contributed by atoms with Gasteiger partial charge in [-0.15, -0.1) is 0 Å². The molecule has 2 atom stereocenters. The van der Waals surface area contributed by atoms with Crippen LogP contribution in [0.15, 0.2) is 55.0 Å². The average Bonchev–Trinajstić information content (AvgIpc) is 3.11. The standard InChI is InChI=1S/C21H17F2N3/c22-17-4-1-14(2-5-17)7-16-8-18-12-25-13-26(18)21(10-16)19-6-3-15(11-24)9-20(19)23/h1-6,9,12-13,16,21H,7-8,10H2/t16-,21+/m0/s1. The first kappa shape index (κ1) is 16.5. The molecule has 0 aliphatic carbocycles. The van der Waals surface area contributed by atoms with Gasteiger partial charge in [-0.1, -0.05) is 18.2 Å². The van der Waals surface area contributed by atoms with E-state index in [4.69, 9.17) is 5.26 Å². The van der Waals surface area contributed by atoms with Gasteiger partial charge in [0.2, 0.25) is 0 Å². The second kappa shape index (κ2) is 6.72. The third kappa shape index (κ3) is 3.11. The highest BCUT2D eigenvalue weighted by Crippen LogP contribution is 2.36. The molecular weight excluding hydrogens is 332 g/mol. The smallest absolute Gasteiger partial charge is 0.129 e. The fourth-order valence-corrected chi connectivity index (χ4v) is 3.83. The monoisotopic (exact) mass is 349 g/mol. The van der Waals surface area contributed by atoms with Crippen LogP contribution < -0.4 is 0 Å². The van der Waals surface area contributed by atoms with E-state index in [1.165, 1.54) is 18.2 Å². The van der Waals surface area contributed by atoms with E-state index in [9.17, 15) is 8.78 Å². The minimum absolute atomic E-state index is 0.153. The molecular formula is C21H17F2N3. The highest BCUT2D eigenvalue weighted by atomic mass is 19.1. The summed E-state index contributed by atoms with van der Waals surface area (Å²) in [5.74, 6) is -0.297. The van der Waals surface area contributed by atoms with Crippen molar-refractivity contribution in [3.05, 3.63) is 89.0 Å². The molecule has 3 aromatic rings. The molecule has 0 unspecified atom stereocenters. The van der Waals surface area contributed by atoms with Crippen molar-refractivity contribution in [3.63, 3.8) is 0 Å². The van der Waals surface area contributed by atoms with Crippen LogP contribution in [0.5, 0.6) is 0 Å². The van der Waals surface area contributed by atoms with Crippen molar-refractivity contribution in [3.8, 4) is 6.07 Å². The van der Waals surface area contributed by atoms with Gasteiger partial charge >= 0.3 is 0 Å². The molecule has 0 N–H and O–H groups in total. The molecule has 4 rings (SSSR count). The first-order chi connectivity index (χ1) is 12.6. The predicted octanol–water partition coefficient (Wildman–Crippen LogP) is 4.43. The summed E-state index contributed by atoms with van der Waals surface area (Å²) in [7, 11) is 0. The number of hydrogen-bond donors (Lipinski definition) is 0. The number of rotatable bonds is 3. The lowest BCUT2D eigenvalue weighted by Gasteiger charge is -2.32. The topological polar surface area (TPSA) is 41.6 Å². The first-order valence-corrected chi connectivity index (χ1v) is 8.58. The Morgan fingerprint density at radius 1 is 1.15 bits per heavy atom. The van der Waals surface area contributed by atoms with Crippen LogP contribution in [0.4, 0.5) is 8.78 Å². The molecule has 0 radical (unpaired) electrons. The summed E-state index contributed by atoms with van der Waals surface area (Å²) in [6.07, 6.45) is 5.99. The van der Waals surface area contributed by atoms with Gasteiger partial charge in [0.15, 0.2) is 0 Å². The Morgan fingerprint density at radius 3 is 2.69 bits per heavy atom. The fourth-order valence-electron chi connectivity index (χ4n) is 3.83. The summed E-state index contributed by atoms with van der Waals surface area (Å²) in [5.41, 5.74) is 3.03. The average molecular weight is 349 g/mol. The van der Waals surface area contributed by atoms with E-state index < -0.39 is 0 Å². The number of hydrogen-bond acceptors (Lipinski definition) is 2. The third-order valence-electron chi connectivity index (χ3n) is 5.06. The Balaban J connectivity index is 1.64. The van der Waals surface area contributed by atoms with Crippen molar-refractivity contribution in [1.29, 1.82) is 5.26 Å². The van der Waals surface area contributed by atoms with Crippen molar-refractivity contribution < 1.29 is 8.78 Å². The molecule has 130 valence electrons. The zero-order valence-corrected chi connectivity index (χ0v) is 14.1. The molecule has 0 fully saturated rings. The van der Waals surface area contributed by atoms with Crippen LogP contribution in [0.2, 0.25) is 0 Å². The van der Waals surface area contributed by atoms with Gasteiger partial charge in [0.05, 0.1) is 24.0 Å². The van der Waals surface area contributed by atoms with E-state index >= 15 is 0 Å². The van der Waals surface area contributed by atoms with Gasteiger partial charge in [0, 0.05) is 17.5 Å². The number of imidazole rings is 1. The second-order valence-electron chi connectivity index (χ2n) is 6.79. The SMILES string of the molecule is N#Cc1ccc([C@H]2C[C@@H](Cc3ccc(F)cc3)Cc3cncn32)c(F)c1. The zero-order chi connectivity index (χ0) is 18.1. The molecule has 0 saturated carbocycles. The Bertz CT molecular complexity index is 970. The molecule has 26 heavy (non-hydrogen) atoms.